The van der Waals surface area contributed by atoms with Gasteiger partial charge in [0.1, 0.15) is 5.75 Å². The van der Waals surface area contributed by atoms with Gasteiger partial charge in [-0.25, -0.2) is 0 Å². The Labute approximate surface area is 201 Å². The molecule has 0 radical (unpaired) electrons. The number of unbranched alkanes of at least 4 members (excludes halogenated alkanes) is 3. The van der Waals surface area contributed by atoms with Gasteiger partial charge in [0.15, 0.2) is 0 Å². The number of aliphatic hydroxyl groups is 2. The van der Waals surface area contributed by atoms with E-state index < -0.39 is 6.10 Å². The smallest absolute Gasteiger partial charge is 0.121 e. The molecule has 0 saturated carbocycles. The molecule has 1 atom stereocenters. The lowest BCUT2D eigenvalue weighted by Crippen LogP contribution is -2.22. The van der Waals surface area contributed by atoms with E-state index in [1.165, 1.54) is 12.1 Å². The van der Waals surface area contributed by atoms with Gasteiger partial charge in [-0.1, -0.05) is 61.3 Å². The summed E-state index contributed by atoms with van der Waals surface area (Å²) in [6.45, 7) is 10.1. The van der Waals surface area contributed by atoms with E-state index in [2.05, 4.69) is 18.5 Å². The molecule has 0 bridgehead atoms. The second-order valence-electron chi connectivity index (χ2n) is 7.28. The molecule has 4 N–H and O–H groups in total. The second-order valence-corrected chi connectivity index (χ2v) is 8.14. The van der Waals surface area contributed by atoms with Crippen LogP contribution >= 0.6 is 23.2 Å². The highest BCUT2D eigenvalue weighted by Crippen LogP contribution is 2.22. The molecule has 6 nitrogen and oxygen atoms in total. The molecule has 1 aromatic carbocycles. The van der Waals surface area contributed by atoms with Crippen LogP contribution in [0.1, 0.15) is 42.9 Å². The molecule has 0 aliphatic rings. The van der Waals surface area contributed by atoms with Gasteiger partial charge < -0.3 is 30.1 Å². The number of nitrogens with one attached hydrogen (secondary N) is 1. The first-order valence-electron chi connectivity index (χ1n) is 10.7. The number of phenols is 1. The molecule has 0 heterocycles. The van der Waals surface area contributed by atoms with E-state index in [1.807, 2.05) is 0 Å². The number of halogens is 2. The van der Waals surface area contributed by atoms with Crippen molar-refractivity contribution in [2.75, 3.05) is 39.5 Å². The maximum atomic E-state index is 10.2. The Morgan fingerprint density at radius 3 is 2.50 bits per heavy atom. The predicted molar refractivity (Wildman–Crippen MR) is 130 cm³/mol. The standard InChI is InChI=1S/C24H35Cl2NO5/c1-3-22(26)21(18(2)25)17-32-13-12-31-11-7-5-4-6-10-27-15-24(30)19-8-9-23(29)20(14-19)16-28/h3,8-9,14,24,27-30H,1-2,4-7,10-13,15-17H2/b22-21+/t24-/m0/s1. The molecule has 0 spiro atoms. The van der Waals surface area contributed by atoms with Gasteiger partial charge in [0.25, 0.3) is 0 Å². The Morgan fingerprint density at radius 2 is 1.81 bits per heavy atom. The SMILES string of the molecule is C=C/C(Cl)=C(/COCCOCCCCCCNC[C@H](O)c1ccc(O)c(CO)c1)C(=C)Cl. The lowest BCUT2D eigenvalue weighted by molar-refractivity contribution is 0.0550. The quantitative estimate of drug-likeness (QED) is 0.179. The summed E-state index contributed by atoms with van der Waals surface area (Å²) in [4.78, 5) is 0. The minimum absolute atomic E-state index is 0.0326. The van der Waals surface area contributed by atoms with Crippen molar-refractivity contribution in [1.29, 1.82) is 0 Å². The van der Waals surface area contributed by atoms with Crippen molar-refractivity contribution >= 4 is 23.2 Å². The number of aliphatic hydroxyl groups excluding tert-OH is 2. The fourth-order valence-electron chi connectivity index (χ4n) is 2.90. The third kappa shape index (κ3) is 11.5. The van der Waals surface area contributed by atoms with E-state index in [0.717, 1.165) is 32.2 Å². The number of benzene rings is 1. The van der Waals surface area contributed by atoms with Crippen LogP contribution in [0.15, 0.2) is 53.1 Å². The van der Waals surface area contributed by atoms with Crippen molar-refractivity contribution in [3.05, 3.63) is 64.2 Å². The van der Waals surface area contributed by atoms with Gasteiger partial charge in [-0.2, -0.15) is 0 Å². The topological polar surface area (TPSA) is 91.2 Å². The van der Waals surface area contributed by atoms with Crippen LogP contribution < -0.4 is 5.32 Å². The third-order valence-corrected chi connectivity index (χ3v) is 5.41. The van der Waals surface area contributed by atoms with Crippen LogP contribution in [0.25, 0.3) is 0 Å². The molecular weight excluding hydrogens is 453 g/mol. The molecule has 0 amide bonds. The van der Waals surface area contributed by atoms with Crippen LogP contribution in [-0.4, -0.2) is 54.8 Å². The highest BCUT2D eigenvalue weighted by atomic mass is 35.5. The fourth-order valence-corrected chi connectivity index (χ4v) is 3.27. The lowest BCUT2D eigenvalue weighted by atomic mass is 10.1. The van der Waals surface area contributed by atoms with Crippen LogP contribution in [-0.2, 0) is 16.1 Å². The molecule has 0 aromatic heterocycles. The van der Waals surface area contributed by atoms with E-state index in [1.54, 1.807) is 12.1 Å². The van der Waals surface area contributed by atoms with Crippen molar-refractivity contribution in [1.82, 2.24) is 5.32 Å². The largest absolute Gasteiger partial charge is 0.508 e. The summed E-state index contributed by atoms with van der Waals surface area (Å²) in [5, 5.41) is 33.0. The molecule has 0 fully saturated rings. The normalized spacial score (nSPS) is 13.0. The van der Waals surface area contributed by atoms with Crippen molar-refractivity contribution in [3.8, 4) is 5.75 Å². The first kappa shape index (κ1) is 28.7. The van der Waals surface area contributed by atoms with Gasteiger partial charge in [0.05, 0.1) is 32.5 Å². The van der Waals surface area contributed by atoms with Gasteiger partial charge in [-0.3, -0.25) is 0 Å². The summed E-state index contributed by atoms with van der Waals surface area (Å²) < 4.78 is 11.1. The van der Waals surface area contributed by atoms with Gasteiger partial charge >= 0.3 is 0 Å². The lowest BCUT2D eigenvalue weighted by Gasteiger charge is -2.14. The summed E-state index contributed by atoms with van der Waals surface area (Å²) in [5.74, 6) is 0.0326. The van der Waals surface area contributed by atoms with E-state index in [0.29, 0.717) is 53.1 Å². The Morgan fingerprint density at radius 1 is 1.09 bits per heavy atom. The van der Waals surface area contributed by atoms with Crippen LogP contribution in [0, 0.1) is 0 Å². The molecule has 0 aliphatic carbocycles. The molecule has 180 valence electrons. The summed E-state index contributed by atoms with van der Waals surface area (Å²) >= 11 is 11.9. The second kappa shape index (κ2) is 17.1. The Bertz CT molecular complexity index is 739. The molecule has 1 aromatic rings. The number of hydrogen-bond donors (Lipinski definition) is 4. The van der Waals surface area contributed by atoms with E-state index in [-0.39, 0.29) is 19.0 Å². The molecular formula is C24H35Cl2NO5. The summed E-state index contributed by atoms with van der Waals surface area (Å²) in [6.07, 6.45) is 4.95. The molecule has 8 heteroatoms. The van der Waals surface area contributed by atoms with E-state index in [4.69, 9.17) is 32.7 Å². The molecule has 0 unspecified atom stereocenters. The van der Waals surface area contributed by atoms with Crippen LogP contribution in [0.4, 0.5) is 0 Å². The fraction of sp³-hybridized carbons (Fsp3) is 0.500. The summed E-state index contributed by atoms with van der Waals surface area (Å²) in [6, 6.07) is 4.77. The van der Waals surface area contributed by atoms with Crippen molar-refractivity contribution in [3.63, 3.8) is 0 Å². The average molecular weight is 488 g/mol. The van der Waals surface area contributed by atoms with Crippen LogP contribution in [0.2, 0.25) is 0 Å². The predicted octanol–water partition coefficient (Wildman–Crippen LogP) is 4.53. The number of hydrogen-bond acceptors (Lipinski definition) is 6. The van der Waals surface area contributed by atoms with E-state index in [9.17, 15) is 15.3 Å². The molecule has 32 heavy (non-hydrogen) atoms. The highest BCUT2D eigenvalue weighted by Gasteiger charge is 2.10. The number of aromatic hydroxyl groups is 1. The summed E-state index contributed by atoms with van der Waals surface area (Å²) in [5.41, 5.74) is 1.71. The Hall–Kier alpha value is -1.38. The van der Waals surface area contributed by atoms with E-state index >= 15 is 0 Å². The van der Waals surface area contributed by atoms with Gasteiger partial charge in [-0.15, -0.1) is 0 Å². The highest BCUT2D eigenvalue weighted by molar-refractivity contribution is 6.36. The van der Waals surface area contributed by atoms with Crippen molar-refractivity contribution in [2.24, 2.45) is 0 Å². The van der Waals surface area contributed by atoms with Gasteiger partial charge in [0.2, 0.25) is 0 Å². The zero-order valence-electron chi connectivity index (χ0n) is 18.5. The average Bonchev–Trinajstić information content (AvgIpc) is 2.78. The third-order valence-electron chi connectivity index (χ3n) is 4.80. The first-order valence-corrected chi connectivity index (χ1v) is 11.5. The van der Waals surface area contributed by atoms with Gasteiger partial charge in [0, 0.05) is 34.4 Å². The monoisotopic (exact) mass is 487 g/mol. The number of allylic oxidation sites excluding steroid dienone is 2. The zero-order chi connectivity index (χ0) is 23.8. The minimum Gasteiger partial charge on any atom is -0.508 e. The molecule has 1 rings (SSSR count). The molecule has 0 aliphatic heterocycles. The van der Waals surface area contributed by atoms with Gasteiger partial charge in [-0.05, 0) is 37.1 Å². The first-order chi connectivity index (χ1) is 15.4. The number of ether oxygens (including phenoxy) is 2. The Kier molecular flexibility index (Phi) is 15.3. The minimum atomic E-state index is -0.682. The molecule has 0 saturated heterocycles. The van der Waals surface area contributed by atoms with Crippen molar-refractivity contribution < 1.29 is 24.8 Å². The van der Waals surface area contributed by atoms with Crippen LogP contribution in [0.3, 0.4) is 0 Å². The summed E-state index contributed by atoms with van der Waals surface area (Å²) in [7, 11) is 0. The zero-order valence-corrected chi connectivity index (χ0v) is 20.0. The number of rotatable bonds is 18. The maximum Gasteiger partial charge on any atom is 0.121 e. The van der Waals surface area contributed by atoms with Crippen LogP contribution in [0.5, 0.6) is 5.75 Å². The van der Waals surface area contributed by atoms with Crippen molar-refractivity contribution in [2.45, 2.75) is 38.4 Å². The maximum absolute atomic E-state index is 10.2. The Balaban J connectivity index is 2.00.